The van der Waals surface area contributed by atoms with E-state index in [9.17, 15) is 10.2 Å². The smallest absolute Gasteiger partial charge is 0.0774 e. The van der Waals surface area contributed by atoms with E-state index in [4.69, 9.17) is 0 Å². The Balaban J connectivity index is 1.66. The van der Waals surface area contributed by atoms with Crippen LogP contribution in [0.15, 0.2) is 0 Å². The standard InChI is InChI=1S/C17H31NO2/c19-16-9-2-1-7-14(16)15-8-3-6-12-18(15)13-17(20)10-4-5-11-17/h14-16,19-20H,1-13H2. The fraction of sp³-hybridized carbons (Fsp3) is 1.00. The number of hydrogen-bond acceptors (Lipinski definition) is 3. The minimum absolute atomic E-state index is 0.104. The van der Waals surface area contributed by atoms with Crippen LogP contribution in [0, 0.1) is 5.92 Å². The van der Waals surface area contributed by atoms with Gasteiger partial charge in [0, 0.05) is 18.5 Å². The predicted molar refractivity (Wildman–Crippen MR) is 80.6 cm³/mol. The molecule has 0 radical (unpaired) electrons. The molecular weight excluding hydrogens is 250 g/mol. The molecule has 0 aromatic carbocycles. The summed E-state index contributed by atoms with van der Waals surface area (Å²) in [7, 11) is 0. The van der Waals surface area contributed by atoms with Gasteiger partial charge in [0.15, 0.2) is 0 Å². The van der Waals surface area contributed by atoms with E-state index < -0.39 is 5.60 Å². The molecule has 3 atom stereocenters. The van der Waals surface area contributed by atoms with E-state index >= 15 is 0 Å². The Kier molecular flexibility index (Phi) is 4.68. The summed E-state index contributed by atoms with van der Waals surface area (Å²) >= 11 is 0. The van der Waals surface area contributed by atoms with Gasteiger partial charge < -0.3 is 10.2 Å². The van der Waals surface area contributed by atoms with Crippen LogP contribution in [-0.2, 0) is 0 Å². The average Bonchev–Trinajstić information content (AvgIpc) is 2.87. The van der Waals surface area contributed by atoms with Gasteiger partial charge in [-0.15, -0.1) is 0 Å². The monoisotopic (exact) mass is 281 g/mol. The zero-order chi connectivity index (χ0) is 14.0. The van der Waals surface area contributed by atoms with Gasteiger partial charge in [0.05, 0.1) is 11.7 Å². The molecule has 3 rings (SSSR count). The van der Waals surface area contributed by atoms with Crippen molar-refractivity contribution >= 4 is 0 Å². The summed E-state index contributed by atoms with van der Waals surface area (Å²) in [4.78, 5) is 2.54. The van der Waals surface area contributed by atoms with Gasteiger partial charge in [-0.2, -0.15) is 0 Å². The van der Waals surface area contributed by atoms with Crippen LogP contribution in [-0.4, -0.2) is 45.9 Å². The number of rotatable bonds is 3. The van der Waals surface area contributed by atoms with Crippen LogP contribution in [0.4, 0.5) is 0 Å². The number of β-amino-alcohol motifs (C(OH)–C–C–N with tert-alkyl or cyclic N) is 1. The van der Waals surface area contributed by atoms with E-state index in [1.165, 1.54) is 51.4 Å². The summed E-state index contributed by atoms with van der Waals surface area (Å²) in [6.45, 7) is 1.97. The molecule has 3 aliphatic rings. The highest BCUT2D eigenvalue weighted by atomic mass is 16.3. The second-order valence-electron chi connectivity index (χ2n) is 7.48. The first-order valence-corrected chi connectivity index (χ1v) is 8.82. The molecule has 1 aliphatic heterocycles. The molecule has 0 aromatic heterocycles. The normalized spacial score (nSPS) is 39.0. The van der Waals surface area contributed by atoms with Crippen molar-refractivity contribution in [3.63, 3.8) is 0 Å². The van der Waals surface area contributed by atoms with E-state index in [0.29, 0.717) is 12.0 Å². The molecule has 0 spiro atoms. The molecule has 1 heterocycles. The first-order chi connectivity index (χ1) is 9.68. The van der Waals surface area contributed by atoms with Crippen LogP contribution in [0.25, 0.3) is 0 Å². The molecule has 2 aliphatic carbocycles. The molecule has 0 bridgehead atoms. The molecule has 0 amide bonds. The first kappa shape index (κ1) is 14.8. The zero-order valence-corrected chi connectivity index (χ0v) is 12.8. The van der Waals surface area contributed by atoms with Crippen LogP contribution in [0.5, 0.6) is 0 Å². The summed E-state index contributed by atoms with van der Waals surface area (Å²) in [5, 5.41) is 21.1. The van der Waals surface area contributed by atoms with Gasteiger partial charge in [0.2, 0.25) is 0 Å². The van der Waals surface area contributed by atoms with Gasteiger partial charge in [-0.05, 0) is 45.1 Å². The van der Waals surface area contributed by atoms with E-state index in [2.05, 4.69) is 4.90 Å². The number of nitrogens with zero attached hydrogens (tertiary/aromatic N) is 1. The van der Waals surface area contributed by atoms with Crippen molar-refractivity contribution in [2.45, 2.75) is 88.4 Å². The summed E-state index contributed by atoms with van der Waals surface area (Å²) in [6, 6.07) is 0.517. The molecular formula is C17H31NO2. The second kappa shape index (κ2) is 6.33. The third-order valence-electron chi connectivity index (χ3n) is 5.97. The van der Waals surface area contributed by atoms with Gasteiger partial charge in [-0.1, -0.05) is 32.1 Å². The third kappa shape index (κ3) is 3.20. The van der Waals surface area contributed by atoms with Crippen molar-refractivity contribution < 1.29 is 10.2 Å². The zero-order valence-electron chi connectivity index (χ0n) is 12.8. The molecule has 1 saturated heterocycles. The minimum Gasteiger partial charge on any atom is -0.393 e. The van der Waals surface area contributed by atoms with Crippen LogP contribution < -0.4 is 0 Å². The number of likely N-dealkylation sites (tertiary alicyclic amines) is 1. The van der Waals surface area contributed by atoms with Crippen molar-refractivity contribution in [3.8, 4) is 0 Å². The fourth-order valence-corrected chi connectivity index (χ4v) is 4.86. The molecule has 2 N–H and O–H groups in total. The quantitative estimate of drug-likeness (QED) is 0.836. The van der Waals surface area contributed by atoms with Crippen LogP contribution >= 0.6 is 0 Å². The van der Waals surface area contributed by atoms with Crippen LogP contribution in [0.2, 0.25) is 0 Å². The van der Waals surface area contributed by atoms with Crippen molar-refractivity contribution in [2.24, 2.45) is 5.92 Å². The van der Waals surface area contributed by atoms with Crippen LogP contribution in [0.1, 0.15) is 70.6 Å². The van der Waals surface area contributed by atoms with E-state index in [1.807, 2.05) is 0 Å². The molecule has 2 saturated carbocycles. The van der Waals surface area contributed by atoms with Crippen LogP contribution in [0.3, 0.4) is 0 Å². The lowest BCUT2D eigenvalue weighted by Crippen LogP contribution is -2.53. The Hall–Kier alpha value is -0.120. The molecule has 0 aromatic rings. The van der Waals surface area contributed by atoms with Crippen molar-refractivity contribution in [1.29, 1.82) is 0 Å². The van der Waals surface area contributed by atoms with Gasteiger partial charge in [0.25, 0.3) is 0 Å². The number of aliphatic hydroxyl groups is 2. The Morgan fingerprint density at radius 3 is 2.35 bits per heavy atom. The molecule has 3 nitrogen and oxygen atoms in total. The molecule has 116 valence electrons. The highest BCUT2D eigenvalue weighted by Crippen LogP contribution is 2.37. The maximum absolute atomic E-state index is 10.7. The topological polar surface area (TPSA) is 43.7 Å². The lowest BCUT2D eigenvalue weighted by Gasteiger charge is -2.46. The van der Waals surface area contributed by atoms with Crippen molar-refractivity contribution in [1.82, 2.24) is 4.90 Å². The Labute approximate surface area is 123 Å². The van der Waals surface area contributed by atoms with Gasteiger partial charge in [-0.25, -0.2) is 0 Å². The Morgan fingerprint density at radius 1 is 0.900 bits per heavy atom. The van der Waals surface area contributed by atoms with Gasteiger partial charge in [-0.3, -0.25) is 4.90 Å². The van der Waals surface area contributed by atoms with Crippen molar-refractivity contribution in [3.05, 3.63) is 0 Å². The SMILES string of the molecule is OC1CCCCC1C1CCCCN1CC1(O)CCCC1. The second-order valence-corrected chi connectivity index (χ2v) is 7.48. The predicted octanol–water partition coefficient (Wildman–Crippen LogP) is 2.70. The summed E-state index contributed by atoms with van der Waals surface area (Å²) in [5.74, 6) is 0.453. The lowest BCUT2D eigenvalue weighted by atomic mass is 9.77. The maximum Gasteiger partial charge on any atom is 0.0774 e. The molecule has 3 heteroatoms. The number of piperidine rings is 1. The summed E-state index contributed by atoms with van der Waals surface area (Å²) < 4.78 is 0. The third-order valence-corrected chi connectivity index (χ3v) is 5.97. The first-order valence-electron chi connectivity index (χ1n) is 8.82. The van der Waals surface area contributed by atoms with Crippen molar-refractivity contribution in [2.75, 3.05) is 13.1 Å². The average molecular weight is 281 g/mol. The van der Waals surface area contributed by atoms with E-state index in [-0.39, 0.29) is 6.10 Å². The molecule has 20 heavy (non-hydrogen) atoms. The van der Waals surface area contributed by atoms with Gasteiger partial charge in [0.1, 0.15) is 0 Å². The lowest BCUT2D eigenvalue weighted by molar-refractivity contribution is -0.0503. The Bertz CT molecular complexity index is 314. The van der Waals surface area contributed by atoms with E-state index in [1.54, 1.807) is 0 Å². The Morgan fingerprint density at radius 2 is 1.60 bits per heavy atom. The van der Waals surface area contributed by atoms with Gasteiger partial charge >= 0.3 is 0 Å². The van der Waals surface area contributed by atoms with E-state index in [0.717, 1.165) is 32.4 Å². The summed E-state index contributed by atoms with van der Waals surface area (Å²) in [6.07, 6.45) is 12.6. The molecule has 3 fully saturated rings. The highest BCUT2D eigenvalue weighted by molar-refractivity contribution is 4.94. The summed E-state index contributed by atoms with van der Waals surface area (Å²) in [5.41, 5.74) is -0.435. The highest BCUT2D eigenvalue weighted by Gasteiger charge is 2.40. The molecule has 3 unspecified atom stereocenters. The largest absolute Gasteiger partial charge is 0.393 e. The fourth-order valence-electron chi connectivity index (χ4n) is 4.86. The minimum atomic E-state index is -0.435. The number of hydrogen-bond donors (Lipinski definition) is 2. The maximum atomic E-state index is 10.7. The number of aliphatic hydroxyl groups excluding tert-OH is 1.